The maximum absolute atomic E-state index is 5.76. The highest BCUT2D eigenvalue weighted by molar-refractivity contribution is 4.89. The van der Waals surface area contributed by atoms with Crippen LogP contribution in [0.5, 0.6) is 0 Å². The van der Waals surface area contributed by atoms with E-state index in [0.29, 0.717) is 11.3 Å². The summed E-state index contributed by atoms with van der Waals surface area (Å²) in [6.07, 6.45) is 8.09. The lowest BCUT2D eigenvalue weighted by atomic mass is 9.63. The molecule has 0 aromatic carbocycles. The van der Waals surface area contributed by atoms with Crippen LogP contribution in [0.3, 0.4) is 0 Å². The van der Waals surface area contributed by atoms with Crippen LogP contribution in [0, 0.1) is 22.7 Å². The summed E-state index contributed by atoms with van der Waals surface area (Å²) in [5, 5.41) is 0. The van der Waals surface area contributed by atoms with Crippen LogP contribution in [-0.2, 0) is 4.74 Å². The summed E-state index contributed by atoms with van der Waals surface area (Å²) in [5.74, 6) is 1.44. The van der Waals surface area contributed by atoms with Crippen molar-refractivity contribution < 1.29 is 4.74 Å². The van der Waals surface area contributed by atoms with E-state index < -0.39 is 0 Å². The van der Waals surface area contributed by atoms with Crippen molar-refractivity contribution in [1.82, 2.24) is 0 Å². The highest BCUT2D eigenvalue weighted by Gasteiger charge is 2.40. The first kappa shape index (κ1) is 20.5. The first-order valence-corrected chi connectivity index (χ1v) is 8.95. The van der Waals surface area contributed by atoms with Gasteiger partial charge in [0.1, 0.15) is 6.10 Å². The third kappa shape index (κ3) is 5.34. The van der Waals surface area contributed by atoms with Crippen molar-refractivity contribution in [3.63, 3.8) is 0 Å². The molecule has 0 aliphatic carbocycles. The summed E-state index contributed by atoms with van der Waals surface area (Å²) in [6, 6.07) is 0. The van der Waals surface area contributed by atoms with Gasteiger partial charge in [-0.25, -0.2) is 0 Å². The van der Waals surface area contributed by atoms with Gasteiger partial charge in [0.05, 0.1) is 6.26 Å². The van der Waals surface area contributed by atoms with Crippen molar-refractivity contribution in [2.24, 2.45) is 22.7 Å². The van der Waals surface area contributed by atoms with Crippen molar-refractivity contribution in [3.8, 4) is 0 Å². The fourth-order valence-corrected chi connectivity index (χ4v) is 3.75. The lowest BCUT2D eigenvalue weighted by Crippen LogP contribution is -2.40. The first-order chi connectivity index (χ1) is 9.69. The molecule has 0 saturated carbocycles. The molecule has 0 aliphatic rings. The van der Waals surface area contributed by atoms with Gasteiger partial charge in [-0.3, -0.25) is 0 Å². The van der Waals surface area contributed by atoms with Gasteiger partial charge in [-0.1, -0.05) is 67.9 Å². The van der Waals surface area contributed by atoms with Gasteiger partial charge in [-0.15, -0.1) is 0 Å². The zero-order chi connectivity index (χ0) is 16.7. The van der Waals surface area contributed by atoms with E-state index in [2.05, 4.69) is 62.0 Å². The van der Waals surface area contributed by atoms with Gasteiger partial charge in [0.25, 0.3) is 0 Å². The van der Waals surface area contributed by atoms with Gasteiger partial charge in [0.15, 0.2) is 0 Å². The molecule has 4 atom stereocenters. The van der Waals surface area contributed by atoms with Crippen LogP contribution >= 0.6 is 0 Å². The predicted molar refractivity (Wildman–Crippen MR) is 95.4 cm³/mol. The second-order valence-corrected chi connectivity index (χ2v) is 7.78. The minimum absolute atomic E-state index is 0.222. The van der Waals surface area contributed by atoms with Gasteiger partial charge < -0.3 is 4.74 Å². The largest absolute Gasteiger partial charge is 0.498 e. The molecule has 1 nitrogen and oxygen atoms in total. The normalized spacial score (nSPS) is 19.4. The van der Waals surface area contributed by atoms with E-state index in [4.69, 9.17) is 4.74 Å². The fraction of sp³-hybridized carbons (Fsp3) is 0.900. The quantitative estimate of drug-likeness (QED) is 0.380. The van der Waals surface area contributed by atoms with E-state index in [9.17, 15) is 0 Å². The molecule has 0 spiro atoms. The van der Waals surface area contributed by atoms with Gasteiger partial charge in [-0.05, 0) is 43.4 Å². The fourth-order valence-electron chi connectivity index (χ4n) is 3.75. The van der Waals surface area contributed by atoms with Crippen LogP contribution < -0.4 is 0 Å². The lowest BCUT2D eigenvalue weighted by molar-refractivity contribution is -0.0240. The molecule has 0 saturated heterocycles. The second-order valence-electron chi connectivity index (χ2n) is 7.78. The van der Waals surface area contributed by atoms with E-state index in [1.165, 1.54) is 25.7 Å². The van der Waals surface area contributed by atoms with Crippen molar-refractivity contribution in [2.45, 2.75) is 93.6 Å². The monoisotopic (exact) mass is 296 g/mol. The third-order valence-electron chi connectivity index (χ3n) is 6.28. The van der Waals surface area contributed by atoms with Gasteiger partial charge >= 0.3 is 0 Å². The molecule has 0 bridgehead atoms. The van der Waals surface area contributed by atoms with Gasteiger partial charge in [-0.2, -0.15) is 0 Å². The van der Waals surface area contributed by atoms with Gasteiger partial charge in [0.2, 0.25) is 0 Å². The molecule has 1 heteroatoms. The first-order valence-electron chi connectivity index (χ1n) is 8.95. The molecule has 0 heterocycles. The molecule has 0 rings (SSSR count). The second kappa shape index (κ2) is 8.86. The Bertz CT molecular complexity index is 294. The summed E-state index contributed by atoms with van der Waals surface area (Å²) in [6.45, 7) is 22.6. The Hall–Kier alpha value is -0.460. The van der Waals surface area contributed by atoms with E-state index in [1.807, 2.05) is 0 Å². The molecule has 0 fully saturated rings. The highest BCUT2D eigenvalue weighted by atomic mass is 16.5. The van der Waals surface area contributed by atoms with Crippen molar-refractivity contribution in [2.75, 3.05) is 0 Å². The molecule has 21 heavy (non-hydrogen) atoms. The smallest absolute Gasteiger partial charge is 0.101 e. The molecule has 3 unspecified atom stereocenters. The number of ether oxygens (including phenoxy) is 1. The minimum Gasteiger partial charge on any atom is -0.498 e. The lowest BCUT2D eigenvalue weighted by Gasteiger charge is -2.44. The van der Waals surface area contributed by atoms with E-state index in [1.54, 1.807) is 6.26 Å². The Morgan fingerprint density at radius 3 is 2.05 bits per heavy atom. The highest BCUT2D eigenvalue weighted by Crippen LogP contribution is 2.45. The molecule has 0 aromatic rings. The van der Waals surface area contributed by atoms with Crippen LogP contribution in [-0.4, -0.2) is 6.10 Å². The van der Waals surface area contributed by atoms with Gasteiger partial charge in [0, 0.05) is 5.41 Å². The molecule has 0 N–H and O–H groups in total. The minimum atomic E-state index is 0.222. The SMILES string of the molecule is C=COC(C)[C@@](C)(CC)C(CC)CC(C)C(C)(C)CCC. The predicted octanol–water partition coefficient (Wildman–Crippen LogP) is 6.83. The van der Waals surface area contributed by atoms with Crippen LogP contribution in [0.15, 0.2) is 12.8 Å². The number of hydrogen-bond acceptors (Lipinski definition) is 1. The summed E-state index contributed by atoms with van der Waals surface area (Å²) >= 11 is 0. The zero-order valence-electron chi connectivity index (χ0n) is 16.0. The number of hydrogen-bond donors (Lipinski definition) is 0. The molecule has 0 amide bonds. The molecular weight excluding hydrogens is 256 g/mol. The maximum atomic E-state index is 5.76. The third-order valence-corrected chi connectivity index (χ3v) is 6.28. The van der Waals surface area contributed by atoms with Crippen molar-refractivity contribution >= 4 is 0 Å². The Kier molecular flexibility index (Phi) is 8.66. The topological polar surface area (TPSA) is 9.23 Å². The number of rotatable bonds is 11. The average Bonchev–Trinajstić information content (AvgIpc) is 2.43. The van der Waals surface area contributed by atoms with E-state index >= 15 is 0 Å². The summed E-state index contributed by atoms with van der Waals surface area (Å²) in [7, 11) is 0. The summed E-state index contributed by atoms with van der Waals surface area (Å²) < 4.78 is 5.76. The molecule has 126 valence electrons. The van der Waals surface area contributed by atoms with Crippen LogP contribution in [0.2, 0.25) is 0 Å². The van der Waals surface area contributed by atoms with Crippen molar-refractivity contribution in [3.05, 3.63) is 12.8 Å². The van der Waals surface area contributed by atoms with E-state index in [0.717, 1.165) is 12.3 Å². The molecular formula is C20H40O. The molecule has 0 aliphatic heterocycles. The Morgan fingerprint density at radius 1 is 1.10 bits per heavy atom. The molecule has 0 aromatic heterocycles. The molecule has 0 radical (unpaired) electrons. The van der Waals surface area contributed by atoms with Crippen LogP contribution in [0.1, 0.15) is 87.5 Å². The Morgan fingerprint density at radius 2 is 1.67 bits per heavy atom. The standard InChI is InChI=1S/C20H40O/c1-10-14-19(7,8)16(5)15-18(11-2)20(9,12-3)17(6)21-13-4/h13,16-18H,4,10-12,14-15H2,1-3,5-9H3/t16?,17?,18?,20-/m1/s1. The Balaban J connectivity index is 5.08. The van der Waals surface area contributed by atoms with Crippen molar-refractivity contribution in [1.29, 1.82) is 0 Å². The van der Waals surface area contributed by atoms with Crippen LogP contribution in [0.4, 0.5) is 0 Å². The average molecular weight is 297 g/mol. The maximum Gasteiger partial charge on any atom is 0.101 e. The van der Waals surface area contributed by atoms with Crippen LogP contribution in [0.25, 0.3) is 0 Å². The summed E-state index contributed by atoms with van der Waals surface area (Å²) in [5.41, 5.74) is 0.652. The zero-order valence-corrected chi connectivity index (χ0v) is 16.0. The summed E-state index contributed by atoms with van der Waals surface area (Å²) in [4.78, 5) is 0. The Labute approximate surface area is 134 Å². The van der Waals surface area contributed by atoms with E-state index in [-0.39, 0.29) is 11.5 Å².